The van der Waals surface area contributed by atoms with Crippen molar-refractivity contribution in [3.05, 3.63) is 71.2 Å². The number of rotatable bonds is 8. The number of halogens is 1. The summed E-state index contributed by atoms with van der Waals surface area (Å²) < 4.78 is 10.7. The number of amides is 2. The Bertz CT molecular complexity index is 1080. The average molecular weight is 426 g/mol. The Kier molecular flexibility index (Phi) is 7.24. The molecule has 0 bridgehead atoms. The monoisotopic (exact) mass is 425 g/mol. The molecular formula is C22H20ClN3O4. The van der Waals surface area contributed by atoms with Crippen molar-refractivity contribution in [3.63, 3.8) is 0 Å². The van der Waals surface area contributed by atoms with Gasteiger partial charge in [-0.05, 0) is 29.7 Å². The van der Waals surface area contributed by atoms with Gasteiger partial charge in [-0.15, -0.1) is 0 Å². The minimum Gasteiger partial charge on any atom is -0.496 e. The van der Waals surface area contributed by atoms with Crippen molar-refractivity contribution in [2.45, 2.75) is 0 Å². The number of nitrogens with one attached hydrogen (secondary N) is 2. The summed E-state index contributed by atoms with van der Waals surface area (Å²) in [6.07, 6.45) is 1.54. The number of carbonyl (C=O) groups excluding carboxylic acids is 2. The summed E-state index contributed by atoms with van der Waals surface area (Å²) in [5.41, 5.74) is 3.21. The van der Waals surface area contributed by atoms with Gasteiger partial charge in [0, 0.05) is 10.9 Å². The van der Waals surface area contributed by atoms with Crippen LogP contribution in [0.3, 0.4) is 0 Å². The average Bonchev–Trinajstić information content (AvgIpc) is 2.77. The minimum atomic E-state index is -0.463. The zero-order valence-electron chi connectivity index (χ0n) is 16.2. The second kappa shape index (κ2) is 10.3. The fourth-order valence-electron chi connectivity index (χ4n) is 2.73. The van der Waals surface area contributed by atoms with E-state index in [1.807, 2.05) is 36.4 Å². The highest BCUT2D eigenvalue weighted by Crippen LogP contribution is 2.27. The normalized spacial score (nSPS) is 10.7. The van der Waals surface area contributed by atoms with E-state index in [0.717, 1.165) is 22.1 Å². The summed E-state index contributed by atoms with van der Waals surface area (Å²) in [5, 5.41) is 8.72. The molecule has 3 rings (SSSR count). The van der Waals surface area contributed by atoms with Crippen molar-refractivity contribution in [3.8, 4) is 11.5 Å². The zero-order chi connectivity index (χ0) is 21.3. The molecule has 0 unspecified atom stereocenters. The molecule has 0 saturated heterocycles. The number of hydrogen-bond acceptors (Lipinski definition) is 5. The molecule has 0 aromatic heterocycles. The predicted molar refractivity (Wildman–Crippen MR) is 116 cm³/mol. The van der Waals surface area contributed by atoms with Crippen molar-refractivity contribution in [1.29, 1.82) is 0 Å². The van der Waals surface area contributed by atoms with Crippen LogP contribution in [0.5, 0.6) is 11.5 Å². The van der Waals surface area contributed by atoms with Crippen molar-refractivity contribution in [2.24, 2.45) is 5.10 Å². The molecule has 2 N–H and O–H groups in total. The standard InChI is InChI=1S/C22H20ClN3O4/c1-29-19-11-10-15(16-6-2-3-7-17(16)19)12-25-26-21(27)13-24-22(28)14-30-20-9-5-4-8-18(20)23/h2-12H,13-14H2,1H3,(H,24,28)(H,26,27). The van der Waals surface area contributed by atoms with Gasteiger partial charge in [-0.25, -0.2) is 5.43 Å². The second-order valence-electron chi connectivity index (χ2n) is 6.19. The van der Waals surface area contributed by atoms with E-state index >= 15 is 0 Å². The van der Waals surface area contributed by atoms with Crippen LogP contribution in [0.1, 0.15) is 5.56 Å². The number of para-hydroxylation sites is 1. The van der Waals surface area contributed by atoms with Crippen LogP contribution in [0.4, 0.5) is 0 Å². The highest BCUT2D eigenvalue weighted by atomic mass is 35.5. The molecule has 154 valence electrons. The lowest BCUT2D eigenvalue weighted by Gasteiger charge is -2.08. The van der Waals surface area contributed by atoms with Crippen LogP contribution < -0.4 is 20.2 Å². The molecule has 2 amide bonds. The van der Waals surface area contributed by atoms with Crippen LogP contribution in [-0.2, 0) is 9.59 Å². The maximum atomic E-state index is 11.9. The topological polar surface area (TPSA) is 89.0 Å². The van der Waals surface area contributed by atoms with Crippen LogP contribution >= 0.6 is 11.6 Å². The molecule has 30 heavy (non-hydrogen) atoms. The van der Waals surface area contributed by atoms with Crippen LogP contribution in [0.2, 0.25) is 5.02 Å². The summed E-state index contributed by atoms with van der Waals surface area (Å²) in [6, 6.07) is 18.2. The number of ether oxygens (including phenoxy) is 2. The Hall–Kier alpha value is -3.58. The second-order valence-corrected chi connectivity index (χ2v) is 6.60. The number of fused-ring (bicyclic) bond motifs is 1. The Balaban J connectivity index is 1.49. The molecule has 0 aliphatic rings. The summed E-state index contributed by atoms with van der Waals surface area (Å²) in [6.45, 7) is -0.483. The summed E-state index contributed by atoms with van der Waals surface area (Å²) in [4.78, 5) is 23.7. The number of carbonyl (C=O) groups is 2. The number of hydrogen-bond donors (Lipinski definition) is 2. The Labute approximate surface area is 178 Å². The minimum absolute atomic E-state index is 0.231. The Morgan fingerprint density at radius 1 is 0.967 bits per heavy atom. The van der Waals surface area contributed by atoms with E-state index in [4.69, 9.17) is 21.1 Å². The Morgan fingerprint density at radius 3 is 2.47 bits per heavy atom. The molecule has 8 heteroatoms. The molecule has 0 aliphatic heterocycles. The summed E-state index contributed by atoms with van der Waals surface area (Å²) >= 11 is 5.95. The van der Waals surface area contributed by atoms with Crippen molar-refractivity contribution >= 4 is 40.4 Å². The maximum Gasteiger partial charge on any atom is 0.259 e. The molecule has 0 fully saturated rings. The SMILES string of the molecule is COc1ccc(C=NNC(=O)CNC(=O)COc2ccccc2Cl)c2ccccc12. The van der Waals surface area contributed by atoms with Crippen LogP contribution in [-0.4, -0.2) is 38.3 Å². The molecular weight excluding hydrogens is 406 g/mol. The lowest BCUT2D eigenvalue weighted by molar-refractivity contribution is -0.127. The largest absolute Gasteiger partial charge is 0.496 e. The van der Waals surface area contributed by atoms with Gasteiger partial charge >= 0.3 is 0 Å². The molecule has 0 aliphatic carbocycles. The molecule has 7 nitrogen and oxygen atoms in total. The van der Waals surface area contributed by atoms with E-state index in [1.54, 1.807) is 37.6 Å². The van der Waals surface area contributed by atoms with Gasteiger partial charge in [0.05, 0.1) is 24.9 Å². The zero-order valence-corrected chi connectivity index (χ0v) is 17.0. The van der Waals surface area contributed by atoms with E-state index in [9.17, 15) is 9.59 Å². The van der Waals surface area contributed by atoms with Gasteiger partial charge in [0.25, 0.3) is 11.8 Å². The number of benzene rings is 3. The van der Waals surface area contributed by atoms with Gasteiger partial charge in [-0.3, -0.25) is 9.59 Å². The number of hydrazone groups is 1. The first kappa shape index (κ1) is 21.1. The lowest BCUT2D eigenvalue weighted by Crippen LogP contribution is -2.37. The van der Waals surface area contributed by atoms with E-state index in [1.165, 1.54) is 0 Å². The Morgan fingerprint density at radius 2 is 1.70 bits per heavy atom. The number of nitrogens with zero attached hydrogens (tertiary/aromatic N) is 1. The highest BCUT2D eigenvalue weighted by Gasteiger charge is 2.08. The predicted octanol–water partition coefficient (Wildman–Crippen LogP) is 3.15. The van der Waals surface area contributed by atoms with Crippen LogP contribution in [0.25, 0.3) is 10.8 Å². The van der Waals surface area contributed by atoms with Crippen molar-refractivity contribution < 1.29 is 19.1 Å². The van der Waals surface area contributed by atoms with Gasteiger partial charge in [0.2, 0.25) is 0 Å². The summed E-state index contributed by atoms with van der Waals surface area (Å²) in [5.74, 6) is 0.244. The van der Waals surface area contributed by atoms with E-state index < -0.39 is 11.8 Å². The number of methoxy groups -OCH3 is 1. The molecule has 0 heterocycles. The van der Waals surface area contributed by atoms with Crippen LogP contribution in [0, 0.1) is 0 Å². The molecule has 0 spiro atoms. The van der Waals surface area contributed by atoms with E-state index in [-0.39, 0.29) is 13.2 Å². The van der Waals surface area contributed by atoms with Crippen LogP contribution in [0.15, 0.2) is 65.8 Å². The van der Waals surface area contributed by atoms with Gasteiger partial charge in [-0.2, -0.15) is 5.10 Å². The molecule has 3 aromatic carbocycles. The summed E-state index contributed by atoms with van der Waals surface area (Å²) in [7, 11) is 1.61. The van der Waals surface area contributed by atoms with Gasteiger partial charge in [0.1, 0.15) is 11.5 Å². The van der Waals surface area contributed by atoms with E-state index in [0.29, 0.717) is 10.8 Å². The van der Waals surface area contributed by atoms with Crippen molar-refractivity contribution in [2.75, 3.05) is 20.3 Å². The molecule has 3 aromatic rings. The lowest BCUT2D eigenvalue weighted by atomic mass is 10.0. The third kappa shape index (κ3) is 5.48. The molecule has 0 radical (unpaired) electrons. The quantitative estimate of drug-likeness (QED) is 0.428. The smallest absolute Gasteiger partial charge is 0.259 e. The third-order valence-electron chi connectivity index (χ3n) is 4.17. The first-order valence-electron chi connectivity index (χ1n) is 9.10. The van der Waals surface area contributed by atoms with Crippen molar-refractivity contribution in [1.82, 2.24) is 10.7 Å². The highest BCUT2D eigenvalue weighted by molar-refractivity contribution is 6.32. The van der Waals surface area contributed by atoms with Gasteiger partial charge in [0.15, 0.2) is 6.61 Å². The maximum absolute atomic E-state index is 11.9. The first-order valence-corrected chi connectivity index (χ1v) is 9.48. The van der Waals surface area contributed by atoms with E-state index in [2.05, 4.69) is 15.8 Å². The fourth-order valence-corrected chi connectivity index (χ4v) is 2.92. The first-order chi connectivity index (χ1) is 14.6. The van der Waals surface area contributed by atoms with Gasteiger partial charge in [-0.1, -0.05) is 48.0 Å². The third-order valence-corrected chi connectivity index (χ3v) is 4.48. The fraction of sp³-hybridized carbons (Fsp3) is 0.136. The molecule has 0 atom stereocenters. The van der Waals surface area contributed by atoms with Gasteiger partial charge < -0.3 is 14.8 Å². The molecule has 0 saturated carbocycles.